The summed E-state index contributed by atoms with van der Waals surface area (Å²) in [5.41, 5.74) is 1.46. The van der Waals surface area contributed by atoms with Gasteiger partial charge in [-0.1, -0.05) is 0 Å². The lowest BCUT2D eigenvalue weighted by atomic mass is 10.2. The zero-order chi connectivity index (χ0) is 12.1. The molecular weight excluding hydrogens is 246 g/mol. The summed E-state index contributed by atoms with van der Waals surface area (Å²) in [6.45, 7) is 1.89. The van der Waals surface area contributed by atoms with Gasteiger partial charge in [-0.25, -0.2) is 4.98 Å². The summed E-state index contributed by atoms with van der Waals surface area (Å²) in [6, 6.07) is 0.284. The van der Waals surface area contributed by atoms with Gasteiger partial charge in [0.15, 0.2) is 0 Å². The molecule has 0 bridgehead atoms. The molecule has 4 rings (SSSR count). The Morgan fingerprint density at radius 2 is 2.39 bits per heavy atom. The van der Waals surface area contributed by atoms with Gasteiger partial charge in [0.1, 0.15) is 4.83 Å². The van der Waals surface area contributed by atoms with E-state index in [4.69, 9.17) is 0 Å². The van der Waals surface area contributed by atoms with E-state index in [1.807, 2.05) is 4.57 Å². The number of hydrogen-bond acceptors (Lipinski definition) is 4. The van der Waals surface area contributed by atoms with Gasteiger partial charge in [-0.3, -0.25) is 9.36 Å². The molecule has 1 saturated heterocycles. The fraction of sp³-hybridized carbons (Fsp3) is 0.538. The van der Waals surface area contributed by atoms with Crippen molar-refractivity contribution in [1.29, 1.82) is 0 Å². The molecule has 94 valence electrons. The average Bonchev–Trinajstić information content (AvgIpc) is 3.04. The maximum atomic E-state index is 12.6. The molecule has 2 aliphatic rings. The fourth-order valence-electron chi connectivity index (χ4n) is 3.13. The van der Waals surface area contributed by atoms with E-state index in [-0.39, 0.29) is 11.6 Å². The highest BCUT2D eigenvalue weighted by atomic mass is 32.1. The van der Waals surface area contributed by atoms with Gasteiger partial charge >= 0.3 is 0 Å². The van der Waals surface area contributed by atoms with E-state index in [1.54, 1.807) is 17.7 Å². The van der Waals surface area contributed by atoms with Gasteiger partial charge < -0.3 is 5.32 Å². The lowest BCUT2D eigenvalue weighted by Gasteiger charge is -2.11. The van der Waals surface area contributed by atoms with Crippen molar-refractivity contribution in [2.75, 3.05) is 13.1 Å². The molecule has 0 radical (unpaired) electrons. The molecule has 1 atom stereocenters. The van der Waals surface area contributed by atoms with Crippen LogP contribution in [0, 0.1) is 0 Å². The molecular formula is C13H15N3OS. The van der Waals surface area contributed by atoms with Crippen LogP contribution in [0.25, 0.3) is 10.2 Å². The molecule has 1 aliphatic carbocycles. The highest BCUT2D eigenvalue weighted by Gasteiger charge is 2.24. The van der Waals surface area contributed by atoms with Crippen molar-refractivity contribution in [3.05, 3.63) is 27.1 Å². The number of aryl methyl sites for hydroxylation is 2. The second-order valence-electron chi connectivity index (χ2n) is 5.14. The molecule has 2 aromatic heterocycles. The van der Waals surface area contributed by atoms with Gasteiger partial charge in [0.05, 0.1) is 17.8 Å². The summed E-state index contributed by atoms with van der Waals surface area (Å²) in [5, 5.41) is 4.21. The standard InChI is InChI=1S/C13H15N3OS/c17-13-11-9-2-1-3-10(9)18-12(11)15-7-16(13)8-4-5-14-6-8/h7-8,14H,1-6H2/t8-/m1/s1. The number of aromatic nitrogens is 2. The minimum Gasteiger partial charge on any atom is -0.315 e. The van der Waals surface area contributed by atoms with Crippen LogP contribution >= 0.6 is 11.3 Å². The molecule has 0 unspecified atom stereocenters. The molecule has 1 aliphatic heterocycles. The zero-order valence-electron chi connectivity index (χ0n) is 10.1. The Labute approximate surface area is 109 Å². The third-order valence-electron chi connectivity index (χ3n) is 4.08. The SMILES string of the molecule is O=c1c2c3c(sc2ncn1[C@@H]1CCNC1)CCC3. The van der Waals surface area contributed by atoms with Crippen LogP contribution < -0.4 is 10.9 Å². The van der Waals surface area contributed by atoms with Gasteiger partial charge in [0, 0.05) is 11.4 Å². The van der Waals surface area contributed by atoms with Crippen molar-refractivity contribution in [1.82, 2.24) is 14.9 Å². The highest BCUT2D eigenvalue weighted by Crippen LogP contribution is 2.34. The van der Waals surface area contributed by atoms with Crippen LogP contribution in [0.15, 0.2) is 11.1 Å². The number of hydrogen-bond donors (Lipinski definition) is 1. The monoisotopic (exact) mass is 261 g/mol. The Bertz CT molecular complexity index is 667. The van der Waals surface area contributed by atoms with Crippen LogP contribution in [0.3, 0.4) is 0 Å². The average molecular weight is 261 g/mol. The van der Waals surface area contributed by atoms with Crippen LogP contribution in [0.1, 0.15) is 29.3 Å². The van der Waals surface area contributed by atoms with Crippen molar-refractivity contribution in [2.24, 2.45) is 0 Å². The van der Waals surface area contributed by atoms with Crippen molar-refractivity contribution >= 4 is 21.6 Å². The van der Waals surface area contributed by atoms with Crippen LogP contribution in [-0.2, 0) is 12.8 Å². The number of thiophene rings is 1. The summed E-state index contributed by atoms with van der Waals surface area (Å²) < 4.78 is 1.84. The van der Waals surface area contributed by atoms with Gasteiger partial charge in [-0.05, 0) is 37.8 Å². The Hall–Kier alpha value is -1.20. The second-order valence-corrected chi connectivity index (χ2v) is 6.22. The Morgan fingerprint density at radius 1 is 1.44 bits per heavy atom. The first-order valence-corrected chi connectivity index (χ1v) is 7.38. The number of nitrogens with zero attached hydrogens (tertiary/aromatic N) is 2. The molecule has 3 heterocycles. The molecule has 0 amide bonds. The first-order chi connectivity index (χ1) is 8.84. The van der Waals surface area contributed by atoms with Crippen LogP contribution in [-0.4, -0.2) is 22.6 Å². The molecule has 0 aromatic carbocycles. The topological polar surface area (TPSA) is 46.9 Å². The highest BCUT2D eigenvalue weighted by molar-refractivity contribution is 7.18. The maximum Gasteiger partial charge on any atom is 0.262 e. The van der Waals surface area contributed by atoms with E-state index in [1.165, 1.54) is 16.9 Å². The normalized spacial score (nSPS) is 22.8. The van der Waals surface area contributed by atoms with Crippen molar-refractivity contribution in [3.63, 3.8) is 0 Å². The quantitative estimate of drug-likeness (QED) is 0.846. The van der Waals surface area contributed by atoms with Gasteiger partial charge in [-0.2, -0.15) is 0 Å². The first kappa shape index (κ1) is 10.7. The van der Waals surface area contributed by atoms with E-state index in [0.29, 0.717) is 0 Å². The molecule has 18 heavy (non-hydrogen) atoms. The van der Waals surface area contributed by atoms with E-state index in [2.05, 4.69) is 10.3 Å². The van der Waals surface area contributed by atoms with E-state index in [9.17, 15) is 4.79 Å². The van der Waals surface area contributed by atoms with Gasteiger partial charge in [0.2, 0.25) is 0 Å². The third-order valence-corrected chi connectivity index (χ3v) is 5.28. The molecule has 0 saturated carbocycles. The summed E-state index contributed by atoms with van der Waals surface area (Å²) in [7, 11) is 0. The molecule has 5 heteroatoms. The lowest BCUT2D eigenvalue weighted by molar-refractivity contribution is 0.525. The molecule has 1 N–H and O–H groups in total. The van der Waals surface area contributed by atoms with Crippen molar-refractivity contribution < 1.29 is 0 Å². The Balaban J connectivity index is 1.96. The largest absolute Gasteiger partial charge is 0.315 e. The molecule has 4 nitrogen and oxygen atoms in total. The molecule has 1 fully saturated rings. The predicted molar refractivity (Wildman–Crippen MR) is 72.4 cm³/mol. The van der Waals surface area contributed by atoms with Crippen LogP contribution in [0.2, 0.25) is 0 Å². The Kier molecular flexibility index (Phi) is 2.32. The van der Waals surface area contributed by atoms with Crippen molar-refractivity contribution in [2.45, 2.75) is 31.7 Å². The van der Waals surface area contributed by atoms with Crippen LogP contribution in [0.5, 0.6) is 0 Å². The lowest BCUT2D eigenvalue weighted by Crippen LogP contribution is -2.26. The zero-order valence-corrected chi connectivity index (χ0v) is 10.9. The number of nitrogens with one attached hydrogen (secondary N) is 1. The summed E-state index contributed by atoms with van der Waals surface area (Å²) in [6.07, 6.45) is 6.14. The van der Waals surface area contributed by atoms with E-state index >= 15 is 0 Å². The fourth-order valence-corrected chi connectivity index (χ4v) is 4.35. The van der Waals surface area contributed by atoms with E-state index < -0.39 is 0 Å². The molecule has 2 aromatic rings. The van der Waals surface area contributed by atoms with Gasteiger partial charge in [-0.15, -0.1) is 11.3 Å². The summed E-state index contributed by atoms with van der Waals surface area (Å²) in [4.78, 5) is 19.5. The third kappa shape index (κ3) is 1.40. The smallest absolute Gasteiger partial charge is 0.262 e. The predicted octanol–water partition coefficient (Wildman–Crippen LogP) is 1.48. The summed E-state index contributed by atoms with van der Waals surface area (Å²) >= 11 is 1.71. The minimum absolute atomic E-state index is 0.174. The Morgan fingerprint density at radius 3 is 3.22 bits per heavy atom. The second kappa shape index (κ2) is 3.90. The molecule has 0 spiro atoms. The maximum absolute atomic E-state index is 12.6. The summed E-state index contributed by atoms with van der Waals surface area (Å²) in [5.74, 6) is 0. The van der Waals surface area contributed by atoms with Crippen molar-refractivity contribution in [3.8, 4) is 0 Å². The minimum atomic E-state index is 0.174. The first-order valence-electron chi connectivity index (χ1n) is 6.56. The van der Waals surface area contributed by atoms with E-state index in [0.717, 1.165) is 42.6 Å². The van der Waals surface area contributed by atoms with Crippen LogP contribution in [0.4, 0.5) is 0 Å². The van der Waals surface area contributed by atoms with Gasteiger partial charge in [0.25, 0.3) is 5.56 Å². The number of rotatable bonds is 1. The number of fused-ring (bicyclic) bond motifs is 3.